The van der Waals surface area contributed by atoms with E-state index in [1.807, 2.05) is 182 Å². The van der Waals surface area contributed by atoms with Gasteiger partial charge in [0.15, 0.2) is 0 Å². The van der Waals surface area contributed by atoms with Gasteiger partial charge in [-0.25, -0.2) is 0 Å². The number of fused-ring (bicyclic) bond motifs is 16. The molecular formula is C82H48O2S2. The van der Waals surface area contributed by atoms with E-state index in [9.17, 15) is 11.0 Å². The van der Waals surface area contributed by atoms with Crippen LogP contribution < -0.4 is 0 Å². The van der Waals surface area contributed by atoms with E-state index >= 15 is 0 Å². The van der Waals surface area contributed by atoms with Crippen molar-refractivity contribution in [2.75, 3.05) is 0 Å². The number of thiophene rings is 2. The van der Waals surface area contributed by atoms with Crippen molar-refractivity contribution in [2.45, 2.75) is 0 Å². The molecule has 0 spiro atoms. The highest BCUT2D eigenvalue weighted by Gasteiger charge is 2.22. The topological polar surface area (TPSA) is 26.3 Å². The summed E-state index contributed by atoms with van der Waals surface area (Å²) in [6.45, 7) is 0. The summed E-state index contributed by atoms with van der Waals surface area (Å²) in [5.74, 6) is 0. The molecule has 0 aliphatic carbocycles. The molecule has 0 fully saturated rings. The van der Waals surface area contributed by atoms with Gasteiger partial charge in [0.2, 0.25) is 0 Å². The van der Waals surface area contributed by atoms with Gasteiger partial charge in [0.1, 0.15) is 22.3 Å². The highest BCUT2D eigenvalue weighted by molar-refractivity contribution is 7.26. The SMILES string of the molecule is [2H]c1c([2H])c([2H])c2c(-c3ccc4c(c3)sc3ccccc34)c3c([2H])c([2H])c([2H])c([2H])c3c(-c3ccc4c(c3)oc3ccccc34)c2c1[2H].[2H]c1c([2H])c([2H])c2c(-c3cccc4c3sc3ccccc34)c3c([2H])c([2H])c([2H])c([2H])c3c(-c3ccc(-c4cccc5c4oc4ccccc45)cc3)c2c1[2H]. The van der Waals surface area contributed by atoms with Gasteiger partial charge in [0.25, 0.3) is 0 Å². The van der Waals surface area contributed by atoms with Gasteiger partial charge in [-0.15, -0.1) is 22.7 Å². The lowest BCUT2D eigenvalue weighted by molar-refractivity contribution is 0.669. The largest absolute Gasteiger partial charge is 0.456 e. The van der Waals surface area contributed by atoms with Crippen LogP contribution in [-0.4, -0.2) is 0 Å². The second kappa shape index (κ2) is 19.5. The Morgan fingerprint density at radius 1 is 0.244 bits per heavy atom. The number of benzene rings is 15. The lowest BCUT2D eigenvalue weighted by atomic mass is 9.85. The number of para-hydroxylation sites is 3. The third-order valence-electron chi connectivity index (χ3n) is 16.6. The highest BCUT2D eigenvalue weighted by atomic mass is 32.1. The van der Waals surface area contributed by atoms with E-state index in [-0.39, 0.29) is 91.4 Å². The molecule has 0 radical (unpaired) electrons. The second-order valence-corrected chi connectivity index (χ2v) is 23.4. The first-order valence-electron chi connectivity index (χ1n) is 36.0. The second-order valence-electron chi connectivity index (χ2n) is 21.3. The highest BCUT2D eigenvalue weighted by Crippen LogP contribution is 2.50. The Morgan fingerprint density at radius 3 is 1.24 bits per heavy atom. The fourth-order valence-corrected chi connectivity index (χ4v) is 15.3. The van der Waals surface area contributed by atoms with Gasteiger partial charge in [0, 0.05) is 73.0 Å². The van der Waals surface area contributed by atoms with Crippen LogP contribution in [-0.2, 0) is 0 Å². The molecular weight excluding hydrogens is 1080 g/mol. The van der Waals surface area contributed by atoms with E-state index in [1.165, 1.54) is 0 Å². The summed E-state index contributed by atoms with van der Waals surface area (Å²) in [4.78, 5) is 0. The van der Waals surface area contributed by atoms with Crippen molar-refractivity contribution in [2.24, 2.45) is 0 Å². The molecule has 0 saturated heterocycles. The third kappa shape index (κ3) is 7.57. The first kappa shape index (κ1) is 35.5. The van der Waals surface area contributed by atoms with Crippen LogP contribution in [0.15, 0.2) is 300 Å². The lowest BCUT2D eigenvalue weighted by Crippen LogP contribution is -1.91. The Morgan fingerprint density at radius 2 is 0.640 bits per heavy atom. The summed E-state index contributed by atoms with van der Waals surface area (Å²) in [6, 6.07) is 56.5. The zero-order valence-electron chi connectivity index (χ0n) is 61.1. The molecule has 4 heteroatoms. The standard InChI is InChI=1S/C44H26OS.C38H22OS/c1-3-15-34-32(13-1)41(28-25-23-27(24-26-28)29-17-9-18-36-30-11-5-7-21-39(30)45-43(29)36)33-14-2-4-16-35(33)42(34)38-20-10-19-37-31-12-6-8-22-40(31)46-44(37)38;1-3-13-31-29(11-1)37(23-17-19-26-25-9-5-7-15-33(25)39-34(26)21-23)30-12-2-4-14-32(30)38(31)24-18-20-28-27-10-6-8-16-35(27)40-36(28)22-24/h1-26H;1-22H/i1D,2D,3D,4D,13D,14D,15D,16D;1D,2D,3D,4D,11D,12D,13D,14D. The van der Waals surface area contributed by atoms with Crippen LogP contribution >= 0.6 is 22.7 Å². The monoisotopic (exact) mass is 1140 g/mol. The average molecular weight is 1150 g/mol. The smallest absolute Gasteiger partial charge is 0.143 e. The average Bonchev–Trinajstić information content (AvgIpc) is 0.987. The van der Waals surface area contributed by atoms with Crippen LogP contribution in [0.1, 0.15) is 21.9 Å². The molecule has 0 atom stereocenters. The molecule has 0 aliphatic heterocycles. The summed E-state index contributed by atoms with van der Waals surface area (Å²) in [5, 5.41) is 9.44. The minimum absolute atomic E-state index is 0.181. The van der Waals surface area contributed by atoms with Crippen molar-refractivity contribution in [1.29, 1.82) is 0 Å². The normalized spacial score (nSPS) is 14.6. The van der Waals surface area contributed by atoms with Crippen LogP contribution in [0.5, 0.6) is 0 Å². The zero-order chi connectivity index (χ0) is 70.3. The summed E-state index contributed by atoms with van der Waals surface area (Å²) in [7, 11) is 0. The Kier molecular flexibility index (Phi) is 8.04. The predicted octanol–water partition coefficient (Wildman–Crippen LogP) is 24.9. The maximum atomic E-state index is 9.37. The van der Waals surface area contributed by atoms with E-state index in [2.05, 4.69) is 6.07 Å². The van der Waals surface area contributed by atoms with Crippen molar-refractivity contribution in [3.8, 4) is 55.6 Å². The Hall–Kier alpha value is -10.6. The molecule has 400 valence electrons. The van der Waals surface area contributed by atoms with Gasteiger partial charge >= 0.3 is 0 Å². The van der Waals surface area contributed by atoms with E-state index in [0.717, 1.165) is 84.2 Å². The molecule has 2 nitrogen and oxygen atoms in total. The molecule has 4 heterocycles. The number of furan rings is 2. The lowest BCUT2D eigenvalue weighted by Gasteiger charge is -2.18. The zero-order valence-corrected chi connectivity index (χ0v) is 46.7. The fourth-order valence-electron chi connectivity index (χ4n) is 12.9. The predicted molar refractivity (Wildman–Crippen MR) is 370 cm³/mol. The summed E-state index contributed by atoms with van der Waals surface area (Å²) in [6.07, 6.45) is 0. The van der Waals surface area contributed by atoms with Crippen molar-refractivity contribution in [1.82, 2.24) is 0 Å². The third-order valence-corrected chi connectivity index (χ3v) is 19.0. The number of hydrogen-bond acceptors (Lipinski definition) is 4. The maximum Gasteiger partial charge on any atom is 0.143 e. The Balaban J connectivity index is 0.000000147. The van der Waals surface area contributed by atoms with Crippen molar-refractivity contribution < 1.29 is 30.8 Å². The van der Waals surface area contributed by atoms with E-state index in [1.54, 1.807) is 28.7 Å². The molecule has 86 heavy (non-hydrogen) atoms. The molecule has 15 aromatic carbocycles. The maximum absolute atomic E-state index is 9.37. The van der Waals surface area contributed by atoms with Gasteiger partial charge < -0.3 is 8.83 Å². The van der Waals surface area contributed by atoms with Gasteiger partial charge in [-0.3, -0.25) is 0 Å². The minimum atomic E-state index is -0.426. The van der Waals surface area contributed by atoms with Gasteiger partial charge in [0.05, 0.1) is 21.9 Å². The molecule has 0 unspecified atom stereocenters. The Labute approximate surface area is 524 Å². The van der Waals surface area contributed by atoms with Gasteiger partial charge in [-0.1, -0.05) is 248 Å². The molecule has 0 bridgehead atoms. The quantitative estimate of drug-likeness (QED) is 0.161. The molecule has 4 aromatic heterocycles. The first-order chi connectivity index (χ1) is 49.3. The van der Waals surface area contributed by atoms with Crippen molar-refractivity contribution >= 4 is 150 Å². The molecule has 0 N–H and O–H groups in total. The first-order valence-corrected chi connectivity index (χ1v) is 29.6. The number of hydrogen-bond donors (Lipinski definition) is 0. The summed E-state index contributed by atoms with van der Waals surface area (Å²) >= 11 is 3.14. The molecule has 19 aromatic rings. The van der Waals surface area contributed by atoms with Crippen LogP contribution in [0.2, 0.25) is 0 Å². The van der Waals surface area contributed by atoms with Crippen LogP contribution in [0.3, 0.4) is 0 Å². The van der Waals surface area contributed by atoms with Crippen molar-refractivity contribution in [3.63, 3.8) is 0 Å². The molecule has 0 saturated carbocycles. The molecule has 19 rings (SSSR count). The van der Waals surface area contributed by atoms with Crippen LogP contribution in [0.25, 0.3) is 183 Å². The fraction of sp³-hybridized carbons (Fsp3) is 0. The van der Waals surface area contributed by atoms with Crippen LogP contribution in [0.4, 0.5) is 0 Å². The summed E-state index contributed by atoms with van der Waals surface area (Å²) < 4.78 is 161. The van der Waals surface area contributed by atoms with Gasteiger partial charge in [-0.2, -0.15) is 0 Å². The van der Waals surface area contributed by atoms with Gasteiger partial charge in [-0.05, 0) is 130 Å². The van der Waals surface area contributed by atoms with Crippen molar-refractivity contribution in [3.05, 3.63) is 291 Å². The Bertz CT molecular complexity index is 6610. The van der Waals surface area contributed by atoms with E-state index in [4.69, 9.17) is 19.8 Å². The van der Waals surface area contributed by atoms with Crippen LogP contribution in [0, 0.1) is 0 Å². The van der Waals surface area contributed by atoms with E-state index < -0.39 is 48.3 Å². The summed E-state index contributed by atoms with van der Waals surface area (Å²) in [5.41, 5.74) is 8.10. The number of rotatable bonds is 5. The molecule has 0 amide bonds. The van der Waals surface area contributed by atoms with E-state index in [0.29, 0.717) is 55.7 Å². The molecule has 0 aliphatic rings. The minimum Gasteiger partial charge on any atom is -0.456 e.